The number of ether oxygens (including phenoxy) is 1. The molecule has 132 valence electrons. The maximum absolute atomic E-state index is 12.3. The van der Waals surface area contributed by atoms with Crippen LogP contribution >= 0.6 is 0 Å². The third-order valence-corrected chi connectivity index (χ3v) is 4.58. The van der Waals surface area contributed by atoms with E-state index >= 15 is 0 Å². The third-order valence-electron chi connectivity index (χ3n) is 4.58. The standard InChI is InChI=1S/C19H23N3O3/c1-25-16-7-4-14(5-8-16)17(22-10-2-3-11-22)13-21-19(24)15-6-9-18(23)20-12-15/h4-9,12,17H,2-3,10-11,13H2,1H3,(H,20,23)(H,21,24)/t17-/m0/s1. The van der Waals surface area contributed by atoms with E-state index < -0.39 is 0 Å². The van der Waals surface area contributed by atoms with Gasteiger partial charge in [0, 0.05) is 18.8 Å². The Labute approximate surface area is 146 Å². The normalized spacial score (nSPS) is 15.7. The van der Waals surface area contributed by atoms with Crippen molar-refractivity contribution in [1.29, 1.82) is 0 Å². The highest BCUT2D eigenvalue weighted by molar-refractivity contribution is 5.93. The van der Waals surface area contributed by atoms with Gasteiger partial charge in [0.2, 0.25) is 5.56 Å². The summed E-state index contributed by atoms with van der Waals surface area (Å²) in [7, 11) is 1.65. The highest BCUT2D eigenvalue weighted by atomic mass is 16.5. The zero-order valence-electron chi connectivity index (χ0n) is 14.3. The van der Waals surface area contributed by atoms with Crippen LogP contribution in [-0.2, 0) is 0 Å². The highest BCUT2D eigenvalue weighted by Gasteiger charge is 2.24. The maximum Gasteiger partial charge on any atom is 0.252 e. The molecule has 3 rings (SSSR count). The van der Waals surface area contributed by atoms with Gasteiger partial charge in [-0.25, -0.2) is 0 Å². The number of methoxy groups -OCH3 is 1. The molecule has 25 heavy (non-hydrogen) atoms. The number of amides is 1. The van der Waals surface area contributed by atoms with Gasteiger partial charge in [0.25, 0.3) is 5.91 Å². The maximum atomic E-state index is 12.3. The Morgan fingerprint density at radius 1 is 1.20 bits per heavy atom. The second-order valence-electron chi connectivity index (χ2n) is 6.18. The first-order valence-electron chi connectivity index (χ1n) is 8.52. The molecule has 1 aromatic carbocycles. The topological polar surface area (TPSA) is 74.4 Å². The molecule has 0 spiro atoms. The lowest BCUT2D eigenvalue weighted by atomic mass is 10.0. The number of carbonyl (C=O) groups is 1. The van der Waals surface area contributed by atoms with Crippen LogP contribution in [0.4, 0.5) is 0 Å². The van der Waals surface area contributed by atoms with Crippen molar-refractivity contribution in [2.24, 2.45) is 0 Å². The number of carbonyl (C=O) groups excluding carboxylic acids is 1. The zero-order valence-corrected chi connectivity index (χ0v) is 14.3. The molecule has 2 heterocycles. The summed E-state index contributed by atoms with van der Waals surface area (Å²) in [5.41, 5.74) is 1.39. The van der Waals surface area contributed by atoms with Crippen molar-refractivity contribution in [3.8, 4) is 5.75 Å². The van der Waals surface area contributed by atoms with Gasteiger partial charge in [0.15, 0.2) is 0 Å². The minimum atomic E-state index is -0.218. The van der Waals surface area contributed by atoms with E-state index in [9.17, 15) is 9.59 Å². The molecule has 6 heteroatoms. The van der Waals surface area contributed by atoms with E-state index in [1.165, 1.54) is 31.2 Å². The minimum Gasteiger partial charge on any atom is -0.497 e. The van der Waals surface area contributed by atoms with Gasteiger partial charge in [0.05, 0.1) is 18.7 Å². The lowest BCUT2D eigenvalue weighted by Crippen LogP contribution is -2.37. The van der Waals surface area contributed by atoms with Crippen molar-refractivity contribution in [2.75, 3.05) is 26.7 Å². The number of hydrogen-bond acceptors (Lipinski definition) is 4. The predicted molar refractivity (Wildman–Crippen MR) is 95.9 cm³/mol. The van der Waals surface area contributed by atoms with E-state index in [1.807, 2.05) is 24.3 Å². The summed E-state index contributed by atoms with van der Waals surface area (Å²) in [4.78, 5) is 28.4. The monoisotopic (exact) mass is 341 g/mol. The highest BCUT2D eigenvalue weighted by Crippen LogP contribution is 2.26. The fourth-order valence-corrected chi connectivity index (χ4v) is 3.18. The van der Waals surface area contributed by atoms with Crippen LogP contribution in [0.3, 0.4) is 0 Å². The first-order chi connectivity index (χ1) is 12.2. The third kappa shape index (κ3) is 4.28. The van der Waals surface area contributed by atoms with Crippen molar-refractivity contribution in [3.63, 3.8) is 0 Å². The van der Waals surface area contributed by atoms with Crippen LogP contribution in [0, 0.1) is 0 Å². The first kappa shape index (κ1) is 17.2. The van der Waals surface area contributed by atoms with Crippen molar-refractivity contribution >= 4 is 5.91 Å². The van der Waals surface area contributed by atoms with E-state index in [0.29, 0.717) is 12.1 Å². The molecule has 0 bridgehead atoms. The van der Waals surface area contributed by atoms with Crippen LogP contribution in [0.25, 0.3) is 0 Å². The number of hydrogen-bond donors (Lipinski definition) is 2. The Balaban J connectivity index is 1.71. The number of nitrogens with one attached hydrogen (secondary N) is 2. The average Bonchev–Trinajstić information content (AvgIpc) is 3.17. The Hall–Kier alpha value is -2.60. The molecule has 2 N–H and O–H groups in total. The number of nitrogens with zero attached hydrogens (tertiary/aromatic N) is 1. The summed E-state index contributed by atoms with van der Waals surface area (Å²) < 4.78 is 5.23. The van der Waals surface area contributed by atoms with Crippen molar-refractivity contribution in [1.82, 2.24) is 15.2 Å². The predicted octanol–water partition coefficient (Wildman–Crippen LogP) is 1.95. The second kappa shape index (κ2) is 7.98. The van der Waals surface area contributed by atoms with Crippen LogP contribution in [0.15, 0.2) is 47.4 Å². The van der Waals surface area contributed by atoms with E-state index in [0.717, 1.165) is 24.4 Å². The molecule has 0 aliphatic carbocycles. The smallest absolute Gasteiger partial charge is 0.252 e. The van der Waals surface area contributed by atoms with E-state index in [4.69, 9.17) is 4.74 Å². The zero-order chi connectivity index (χ0) is 17.6. The molecular formula is C19H23N3O3. The molecule has 2 aromatic rings. The van der Waals surface area contributed by atoms with Crippen molar-refractivity contribution in [3.05, 3.63) is 64.1 Å². The van der Waals surface area contributed by atoms with Crippen LogP contribution in [0.1, 0.15) is 34.8 Å². The molecule has 1 fully saturated rings. The minimum absolute atomic E-state index is 0.125. The van der Waals surface area contributed by atoms with Gasteiger partial charge in [-0.15, -0.1) is 0 Å². The van der Waals surface area contributed by atoms with Crippen LogP contribution in [0.5, 0.6) is 5.75 Å². The van der Waals surface area contributed by atoms with Crippen molar-refractivity contribution < 1.29 is 9.53 Å². The first-order valence-corrected chi connectivity index (χ1v) is 8.52. The van der Waals surface area contributed by atoms with Gasteiger partial charge in [0.1, 0.15) is 5.75 Å². The average molecular weight is 341 g/mol. The van der Waals surface area contributed by atoms with Crippen LogP contribution in [0.2, 0.25) is 0 Å². The number of likely N-dealkylation sites (tertiary alicyclic amines) is 1. The lowest BCUT2D eigenvalue weighted by molar-refractivity contribution is 0.0937. The largest absolute Gasteiger partial charge is 0.497 e. The molecule has 0 saturated carbocycles. The fraction of sp³-hybridized carbons (Fsp3) is 0.368. The molecule has 1 aliphatic heterocycles. The quantitative estimate of drug-likeness (QED) is 0.842. The SMILES string of the molecule is COc1ccc([C@H](CNC(=O)c2ccc(=O)[nH]c2)N2CCCC2)cc1. The van der Waals surface area contributed by atoms with E-state index in [-0.39, 0.29) is 17.5 Å². The number of rotatable bonds is 6. The summed E-state index contributed by atoms with van der Waals surface area (Å²) in [6, 6.07) is 11.0. The number of H-pyrrole nitrogens is 1. The van der Waals surface area contributed by atoms with Gasteiger partial charge in [-0.2, -0.15) is 0 Å². The molecule has 6 nitrogen and oxygen atoms in total. The summed E-state index contributed by atoms with van der Waals surface area (Å²) in [5, 5.41) is 2.99. The lowest BCUT2D eigenvalue weighted by Gasteiger charge is -2.28. The van der Waals surface area contributed by atoms with E-state index in [2.05, 4.69) is 15.2 Å². The summed E-state index contributed by atoms with van der Waals surface area (Å²) in [6.45, 7) is 2.58. The van der Waals surface area contributed by atoms with Crippen molar-refractivity contribution in [2.45, 2.75) is 18.9 Å². The molecule has 0 unspecified atom stereocenters. The second-order valence-corrected chi connectivity index (χ2v) is 6.18. The van der Waals surface area contributed by atoms with Crippen LogP contribution < -0.4 is 15.6 Å². The van der Waals surface area contributed by atoms with Crippen LogP contribution in [-0.4, -0.2) is 42.5 Å². The Morgan fingerprint density at radius 2 is 1.92 bits per heavy atom. The molecule has 1 amide bonds. The molecule has 1 aliphatic rings. The molecule has 1 aromatic heterocycles. The fourth-order valence-electron chi connectivity index (χ4n) is 3.18. The number of pyridine rings is 1. The molecular weight excluding hydrogens is 318 g/mol. The Morgan fingerprint density at radius 3 is 2.52 bits per heavy atom. The number of aromatic nitrogens is 1. The van der Waals surface area contributed by atoms with Gasteiger partial charge in [-0.3, -0.25) is 14.5 Å². The summed E-state index contributed by atoms with van der Waals surface area (Å²) >= 11 is 0. The van der Waals surface area contributed by atoms with Gasteiger partial charge in [-0.05, 0) is 49.7 Å². The summed E-state index contributed by atoms with van der Waals surface area (Å²) in [5.74, 6) is 0.634. The summed E-state index contributed by atoms with van der Waals surface area (Å²) in [6.07, 6.45) is 3.80. The Bertz CT molecular complexity index is 744. The van der Waals surface area contributed by atoms with E-state index in [1.54, 1.807) is 7.11 Å². The molecule has 1 saturated heterocycles. The van der Waals surface area contributed by atoms with Gasteiger partial charge < -0.3 is 15.0 Å². The van der Waals surface area contributed by atoms with Gasteiger partial charge in [-0.1, -0.05) is 12.1 Å². The molecule has 0 radical (unpaired) electrons. The number of aromatic amines is 1. The molecule has 1 atom stereocenters. The Kier molecular flexibility index (Phi) is 5.50. The van der Waals surface area contributed by atoms with Gasteiger partial charge >= 0.3 is 0 Å². The number of benzene rings is 1.